The molecule has 0 bridgehead atoms. The Morgan fingerprint density at radius 3 is 2.71 bits per heavy atom. The normalized spacial score (nSPS) is 16.3. The molecule has 1 aromatic heterocycles. The number of pyridine rings is 1. The lowest BCUT2D eigenvalue weighted by molar-refractivity contribution is 0.0942. The first kappa shape index (κ1) is 15.8. The van der Waals surface area contributed by atoms with Gasteiger partial charge >= 0.3 is 0 Å². The van der Waals surface area contributed by atoms with E-state index in [4.69, 9.17) is 11.6 Å². The standard InChI is InChI=1S/C16H21ClN2O2/c1-9-13(16(21)19-11(3)14(9)17)15(20)18-10(2)12-7-5-4-6-8-12/h7,10H,4-6,8H2,1-3H3,(H,18,20)(H,19,21). The lowest BCUT2D eigenvalue weighted by Crippen LogP contribution is -2.38. The third kappa shape index (κ3) is 3.38. The van der Waals surface area contributed by atoms with Gasteiger partial charge in [-0.1, -0.05) is 23.3 Å². The number of H-pyrrole nitrogens is 1. The van der Waals surface area contributed by atoms with Crippen LogP contribution in [0.1, 0.15) is 54.2 Å². The molecule has 4 nitrogen and oxygen atoms in total. The highest BCUT2D eigenvalue weighted by Gasteiger charge is 2.21. The van der Waals surface area contributed by atoms with Crippen molar-refractivity contribution in [1.82, 2.24) is 10.3 Å². The van der Waals surface area contributed by atoms with Crippen molar-refractivity contribution in [2.75, 3.05) is 0 Å². The van der Waals surface area contributed by atoms with E-state index in [1.165, 1.54) is 12.0 Å². The molecular weight excluding hydrogens is 288 g/mol. The SMILES string of the molecule is Cc1[nH]c(=O)c(C(=O)NC(C)C2=CCCCC2)c(C)c1Cl. The van der Waals surface area contributed by atoms with Crippen LogP contribution in [0, 0.1) is 13.8 Å². The first-order valence-corrected chi connectivity index (χ1v) is 7.68. The molecule has 2 N–H and O–H groups in total. The minimum absolute atomic E-state index is 0.0586. The zero-order chi connectivity index (χ0) is 15.6. The molecule has 1 aliphatic carbocycles. The number of carbonyl (C=O) groups excluding carboxylic acids is 1. The van der Waals surface area contributed by atoms with Crippen LogP contribution in [0.2, 0.25) is 5.02 Å². The Hall–Kier alpha value is -1.55. The second-order valence-corrected chi connectivity index (χ2v) is 5.99. The largest absolute Gasteiger partial charge is 0.346 e. The number of amides is 1. The number of aryl methyl sites for hydroxylation is 1. The number of hydrogen-bond donors (Lipinski definition) is 2. The Labute approximate surface area is 129 Å². The maximum absolute atomic E-state index is 12.4. The van der Waals surface area contributed by atoms with Gasteiger partial charge in [0.2, 0.25) is 0 Å². The summed E-state index contributed by atoms with van der Waals surface area (Å²) in [6, 6.07) is -0.0586. The van der Waals surface area contributed by atoms with Crippen LogP contribution in [0.15, 0.2) is 16.4 Å². The Bertz CT molecular complexity index is 646. The summed E-state index contributed by atoms with van der Waals surface area (Å²) in [5.41, 5.74) is 2.06. The van der Waals surface area contributed by atoms with E-state index < -0.39 is 5.56 Å². The van der Waals surface area contributed by atoms with E-state index in [0.29, 0.717) is 16.3 Å². The summed E-state index contributed by atoms with van der Waals surface area (Å²) in [6.45, 7) is 5.37. The molecule has 0 fully saturated rings. The molecule has 1 aromatic rings. The Kier molecular flexibility index (Phi) is 4.88. The zero-order valence-electron chi connectivity index (χ0n) is 12.7. The van der Waals surface area contributed by atoms with Crippen LogP contribution >= 0.6 is 11.6 Å². The summed E-state index contributed by atoms with van der Waals surface area (Å²) in [5, 5.41) is 3.34. The number of hydrogen-bond acceptors (Lipinski definition) is 2. The van der Waals surface area contributed by atoms with Gasteiger partial charge in [0.15, 0.2) is 0 Å². The third-order valence-electron chi connectivity index (χ3n) is 4.02. The molecule has 0 saturated heterocycles. The van der Waals surface area contributed by atoms with Gasteiger partial charge in [-0.2, -0.15) is 0 Å². The molecule has 1 atom stereocenters. The fraction of sp³-hybridized carbons (Fsp3) is 0.500. The predicted molar refractivity (Wildman–Crippen MR) is 85.0 cm³/mol. The van der Waals surface area contributed by atoms with Gasteiger partial charge in [-0.05, 0) is 52.0 Å². The van der Waals surface area contributed by atoms with Crippen LogP contribution < -0.4 is 10.9 Å². The number of rotatable bonds is 3. The number of allylic oxidation sites excluding steroid dienone is 1. The minimum Gasteiger partial charge on any atom is -0.346 e. The van der Waals surface area contributed by atoms with Crippen LogP contribution in [0.4, 0.5) is 0 Å². The van der Waals surface area contributed by atoms with Gasteiger partial charge in [-0.15, -0.1) is 0 Å². The maximum Gasteiger partial charge on any atom is 0.261 e. The smallest absolute Gasteiger partial charge is 0.261 e. The fourth-order valence-corrected chi connectivity index (χ4v) is 2.88. The van der Waals surface area contributed by atoms with E-state index in [1.54, 1.807) is 13.8 Å². The van der Waals surface area contributed by atoms with Crippen molar-refractivity contribution in [2.24, 2.45) is 0 Å². The Morgan fingerprint density at radius 1 is 1.38 bits per heavy atom. The minimum atomic E-state index is -0.392. The number of nitrogens with one attached hydrogen (secondary N) is 2. The van der Waals surface area contributed by atoms with Gasteiger partial charge in [-0.3, -0.25) is 9.59 Å². The number of carbonyl (C=O) groups is 1. The highest BCUT2D eigenvalue weighted by atomic mass is 35.5. The van der Waals surface area contributed by atoms with Crippen molar-refractivity contribution in [3.05, 3.63) is 43.8 Å². The highest BCUT2D eigenvalue weighted by Crippen LogP contribution is 2.21. The van der Waals surface area contributed by atoms with Crippen molar-refractivity contribution >= 4 is 17.5 Å². The van der Waals surface area contributed by atoms with Gasteiger partial charge in [0.1, 0.15) is 5.56 Å². The zero-order valence-corrected chi connectivity index (χ0v) is 13.4. The van der Waals surface area contributed by atoms with Crippen LogP contribution in [-0.2, 0) is 0 Å². The maximum atomic E-state index is 12.4. The molecule has 114 valence electrons. The summed E-state index contributed by atoms with van der Waals surface area (Å²) < 4.78 is 0. The van der Waals surface area contributed by atoms with E-state index in [9.17, 15) is 9.59 Å². The third-order valence-corrected chi connectivity index (χ3v) is 4.59. The number of halogens is 1. The molecule has 1 aliphatic rings. The van der Waals surface area contributed by atoms with Gasteiger partial charge < -0.3 is 10.3 Å². The average molecular weight is 309 g/mol. The van der Waals surface area contributed by atoms with Gasteiger partial charge in [-0.25, -0.2) is 0 Å². The van der Waals surface area contributed by atoms with E-state index in [1.807, 2.05) is 6.92 Å². The predicted octanol–water partition coefficient (Wildman–Crippen LogP) is 3.26. The van der Waals surface area contributed by atoms with E-state index >= 15 is 0 Å². The summed E-state index contributed by atoms with van der Waals surface area (Å²) in [7, 11) is 0. The molecule has 0 spiro atoms. The fourth-order valence-electron chi connectivity index (χ4n) is 2.74. The number of aromatic nitrogens is 1. The van der Waals surface area contributed by atoms with Gasteiger partial charge in [0, 0.05) is 11.7 Å². The molecular formula is C16H21ClN2O2. The van der Waals surface area contributed by atoms with Crippen LogP contribution in [0.3, 0.4) is 0 Å². The molecule has 0 radical (unpaired) electrons. The summed E-state index contributed by atoms with van der Waals surface area (Å²) >= 11 is 6.12. The lowest BCUT2D eigenvalue weighted by Gasteiger charge is -2.21. The molecule has 2 rings (SSSR count). The summed E-state index contributed by atoms with van der Waals surface area (Å²) in [4.78, 5) is 27.0. The van der Waals surface area contributed by atoms with Crippen molar-refractivity contribution in [1.29, 1.82) is 0 Å². The summed E-state index contributed by atoms with van der Waals surface area (Å²) in [5.74, 6) is -0.366. The lowest BCUT2D eigenvalue weighted by atomic mass is 9.94. The number of aromatic amines is 1. The van der Waals surface area contributed by atoms with Crippen molar-refractivity contribution in [3.8, 4) is 0 Å². The Balaban J connectivity index is 2.23. The average Bonchev–Trinajstić information content (AvgIpc) is 2.45. The van der Waals surface area contributed by atoms with Gasteiger partial charge in [0.25, 0.3) is 11.5 Å². The first-order valence-electron chi connectivity index (χ1n) is 7.30. The van der Waals surface area contributed by atoms with Crippen LogP contribution in [0.25, 0.3) is 0 Å². The second-order valence-electron chi connectivity index (χ2n) is 5.61. The molecule has 5 heteroatoms. The summed E-state index contributed by atoms with van der Waals surface area (Å²) in [6.07, 6.45) is 6.61. The molecule has 0 saturated carbocycles. The van der Waals surface area contributed by atoms with Gasteiger partial charge in [0.05, 0.1) is 5.02 Å². The Morgan fingerprint density at radius 2 is 2.10 bits per heavy atom. The van der Waals surface area contributed by atoms with E-state index in [0.717, 1.165) is 19.3 Å². The quantitative estimate of drug-likeness (QED) is 0.842. The second kappa shape index (κ2) is 6.48. The molecule has 1 heterocycles. The first-order chi connectivity index (χ1) is 9.91. The van der Waals surface area contributed by atoms with Crippen LogP contribution in [-0.4, -0.2) is 16.9 Å². The molecule has 21 heavy (non-hydrogen) atoms. The molecule has 0 aliphatic heterocycles. The topological polar surface area (TPSA) is 62.0 Å². The van der Waals surface area contributed by atoms with Crippen molar-refractivity contribution in [2.45, 2.75) is 52.5 Å². The highest BCUT2D eigenvalue weighted by molar-refractivity contribution is 6.32. The van der Waals surface area contributed by atoms with Crippen molar-refractivity contribution < 1.29 is 4.79 Å². The molecule has 1 unspecified atom stereocenters. The van der Waals surface area contributed by atoms with Crippen LogP contribution in [0.5, 0.6) is 0 Å². The van der Waals surface area contributed by atoms with E-state index in [2.05, 4.69) is 16.4 Å². The van der Waals surface area contributed by atoms with E-state index in [-0.39, 0.29) is 17.5 Å². The molecule has 0 aromatic carbocycles. The monoisotopic (exact) mass is 308 g/mol. The van der Waals surface area contributed by atoms with Crippen molar-refractivity contribution in [3.63, 3.8) is 0 Å². The molecule has 1 amide bonds.